The van der Waals surface area contributed by atoms with Gasteiger partial charge in [0, 0.05) is 12.1 Å². The van der Waals surface area contributed by atoms with Crippen LogP contribution in [0, 0.1) is 0 Å². The molecule has 21 heteroatoms. The second kappa shape index (κ2) is 14.6. The fourth-order valence-electron chi connectivity index (χ4n) is 5.46. The highest BCUT2D eigenvalue weighted by Gasteiger charge is 2.54. The number of nitrogens with one attached hydrogen (secondary N) is 1. The molecular formula is C21H43N5O15S. The fraction of sp³-hybridized carbons (Fsp3) is 1.00. The zero-order valence-electron chi connectivity index (χ0n) is 22.6. The van der Waals surface area contributed by atoms with Crippen molar-refractivity contribution in [1.29, 1.82) is 0 Å². The lowest BCUT2D eigenvalue weighted by Gasteiger charge is -2.51. The van der Waals surface area contributed by atoms with E-state index < -0.39 is 121 Å². The molecule has 17 atom stereocenters. The van der Waals surface area contributed by atoms with Crippen LogP contribution in [0.3, 0.4) is 0 Å². The molecule has 3 heterocycles. The van der Waals surface area contributed by atoms with E-state index in [1.54, 1.807) is 7.05 Å². The third kappa shape index (κ3) is 8.28. The van der Waals surface area contributed by atoms with Gasteiger partial charge in [0.1, 0.15) is 42.7 Å². The first-order chi connectivity index (χ1) is 19.5. The summed E-state index contributed by atoms with van der Waals surface area (Å²) in [4.78, 5) is 0. The number of hydrogen-bond acceptors (Lipinski definition) is 18. The summed E-state index contributed by atoms with van der Waals surface area (Å²) < 4.78 is 60.8. The summed E-state index contributed by atoms with van der Waals surface area (Å²) in [6, 6.07) is -4.05. The Bertz CT molecular complexity index is 960. The van der Waals surface area contributed by atoms with Crippen molar-refractivity contribution in [2.24, 2.45) is 22.9 Å². The van der Waals surface area contributed by atoms with E-state index in [2.05, 4.69) is 5.32 Å². The average molecular weight is 638 g/mol. The van der Waals surface area contributed by atoms with Gasteiger partial charge in [-0.05, 0) is 19.9 Å². The van der Waals surface area contributed by atoms with E-state index in [1.165, 1.54) is 0 Å². The highest BCUT2D eigenvalue weighted by atomic mass is 32.3. The van der Waals surface area contributed by atoms with Crippen LogP contribution in [0.15, 0.2) is 0 Å². The number of likely N-dealkylation sites (N-methyl/N-ethyl adjacent to an activating group) is 1. The molecule has 42 heavy (non-hydrogen) atoms. The molecular weight excluding hydrogens is 594 g/mol. The Morgan fingerprint density at radius 2 is 1.38 bits per heavy atom. The molecule has 0 aromatic rings. The van der Waals surface area contributed by atoms with Gasteiger partial charge in [-0.1, -0.05) is 0 Å². The maximum absolute atomic E-state index is 11.1. The number of ether oxygens (including phenoxy) is 5. The molecule has 1 saturated carbocycles. The van der Waals surface area contributed by atoms with Crippen LogP contribution in [0.2, 0.25) is 0 Å². The molecule has 248 valence electrons. The number of nitrogens with two attached hydrogens (primary N) is 4. The van der Waals surface area contributed by atoms with Crippen molar-refractivity contribution in [3.05, 3.63) is 0 Å². The van der Waals surface area contributed by atoms with Crippen LogP contribution in [0.25, 0.3) is 0 Å². The third-order valence-corrected chi connectivity index (χ3v) is 7.74. The highest BCUT2D eigenvalue weighted by molar-refractivity contribution is 7.79. The van der Waals surface area contributed by atoms with E-state index in [0.29, 0.717) is 0 Å². The van der Waals surface area contributed by atoms with Gasteiger partial charge in [-0.2, -0.15) is 8.42 Å². The van der Waals surface area contributed by atoms with Gasteiger partial charge in [0.15, 0.2) is 18.9 Å². The van der Waals surface area contributed by atoms with Crippen molar-refractivity contribution in [2.45, 2.75) is 117 Å². The van der Waals surface area contributed by atoms with Crippen molar-refractivity contribution < 1.29 is 71.8 Å². The molecule has 0 unspecified atom stereocenters. The smallest absolute Gasteiger partial charge is 0.394 e. The Morgan fingerprint density at radius 3 is 1.95 bits per heavy atom. The summed E-state index contributed by atoms with van der Waals surface area (Å²) in [5.41, 5.74) is 24.0. The maximum Gasteiger partial charge on any atom is 0.394 e. The van der Waals surface area contributed by atoms with Gasteiger partial charge < -0.3 is 82.6 Å². The van der Waals surface area contributed by atoms with Crippen LogP contribution >= 0.6 is 0 Å². The lowest BCUT2D eigenvalue weighted by Crippen LogP contribution is -2.70. The largest absolute Gasteiger partial charge is 0.394 e. The van der Waals surface area contributed by atoms with Gasteiger partial charge >= 0.3 is 10.4 Å². The number of fused-ring (bicyclic) bond motifs is 1. The van der Waals surface area contributed by atoms with Crippen molar-refractivity contribution in [1.82, 2.24) is 5.32 Å². The predicted molar refractivity (Wildman–Crippen MR) is 137 cm³/mol. The Morgan fingerprint density at radius 1 is 0.762 bits per heavy atom. The molecule has 20 nitrogen and oxygen atoms in total. The first-order valence-corrected chi connectivity index (χ1v) is 14.6. The van der Waals surface area contributed by atoms with Gasteiger partial charge in [0.05, 0.1) is 36.9 Å². The standard InChI is InChI=1S/C21H41N5O11.H2O4S/c1-26-11-14(30)18-8(33-20(11)37-21-16(32)13(29)10(25)9(4-27)34-21)3-7(24)19(36-18)35-17-6(23)2-5(22)12(28)15(17)31;1-5(2,3)4/h5-21,26-32H,2-4,22-25H2,1H3;(H2,1,2,3,4)/t5-,6+,7-,8+,9-,10-,11+,12+,13+,14-,15-,16-,17-,18+,19-,20-,21-;/m1./s1. The topological polar surface area (TPSA) is 358 Å². The summed E-state index contributed by atoms with van der Waals surface area (Å²) in [7, 11) is -3.11. The van der Waals surface area contributed by atoms with Crippen LogP contribution in [-0.2, 0) is 34.1 Å². The number of aliphatic hydroxyl groups is 6. The van der Waals surface area contributed by atoms with Crippen molar-refractivity contribution in [2.75, 3.05) is 13.7 Å². The number of rotatable bonds is 6. The Kier molecular flexibility index (Phi) is 12.4. The van der Waals surface area contributed by atoms with Crippen molar-refractivity contribution in [3.63, 3.8) is 0 Å². The van der Waals surface area contributed by atoms with Crippen molar-refractivity contribution in [3.8, 4) is 0 Å². The zero-order chi connectivity index (χ0) is 31.7. The molecule has 0 spiro atoms. The first-order valence-electron chi connectivity index (χ1n) is 13.2. The van der Waals surface area contributed by atoms with E-state index in [9.17, 15) is 30.6 Å². The number of hydrogen-bond donors (Lipinski definition) is 13. The lowest BCUT2D eigenvalue weighted by atomic mass is 9.84. The summed E-state index contributed by atoms with van der Waals surface area (Å²) >= 11 is 0. The molecule has 17 N–H and O–H groups in total. The van der Waals surface area contributed by atoms with Gasteiger partial charge in [0.2, 0.25) is 0 Å². The normalized spacial score (nSPS) is 49.9. The second-order valence-corrected chi connectivity index (χ2v) is 11.6. The minimum atomic E-state index is -4.67. The summed E-state index contributed by atoms with van der Waals surface area (Å²) in [6.07, 6.45) is -13.7. The molecule has 3 saturated heterocycles. The molecule has 0 amide bonds. The predicted octanol–water partition coefficient (Wildman–Crippen LogP) is -7.60. The lowest BCUT2D eigenvalue weighted by molar-refractivity contribution is -0.373. The quantitative estimate of drug-likeness (QED) is 0.120. The molecule has 0 bridgehead atoms. The highest BCUT2D eigenvalue weighted by Crippen LogP contribution is 2.35. The number of aliphatic hydroxyl groups excluding tert-OH is 6. The van der Waals surface area contributed by atoms with E-state index in [1.807, 2.05) is 0 Å². The summed E-state index contributed by atoms with van der Waals surface area (Å²) in [5.74, 6) is 0. The van der Waals surface area contributed by atoms with E-state index >= 15 is 0 Å². The Hall–Kier alpha value is -0.770. The van der Waals surface area contributed by atoms with Crippen LogP contribution in [0.5, 0.6) is 0 Å². The molecule has 1 aliphatic carbocycles. The minimum Gasteiger partial charge on any atom is -0.394 e. The summed E-state index contributed by atoms with van der Waals surface area (Å²) in [5, 5.41) is 64.7. The van der Waals surface area contributed by atoms with Gasteiger partial charge in [-0.25, -0.2) is 0 Å². The van der Waals surface area contributed by atoms with E-state index in [0.717, 1.165) is 0 Å². The van der Waals surface area contributed by atoms with Crippen molar-refractivity contribution >= 4 is 10.4 Å². The Labute approximate surface area is 241 Å². The molecule has 4 fully saturated rings. The van der Waals surface area contributed by atoms with Crippen LogP contribution in [0.1, 0.15) is 12.8 Å². The van der Waals surface area contributed by atoms with E-state index in [-0.39, 0.29) is 12.8 Å². The molecule has 4 aliphatic rings. The van der Waals surface area contributed by atoms with Crippen LogP contribution < -0.4 is 28.3 Å². The molecule has 0 aromatic heterocycles. The van der Waals surface area contributed by atoms with Gasteiger partial charge in [-0.15, -0.1) is 0 Å². The summed E-state index contributed by atoms with van der Waals surface area (Å²) in [6.45, 7) is -0.508. The fourth-order valence-corrected chi connectivity index (χ4v) is 5.46. The monoisotopic (exact) mass is 637 g/mol. The third-order valence-electron chi connectivity index (χ3n) is 7.74. The second-order valence-electron chi connectivity index (χ2n) is 10.7. The van der Waals surface area contributed by atoms with E-state index in [4.69, 9.17) is 64.1 Å². The van der Waals surface area contributed by atoms with Crippen LogP contribution in [-0.4, -0.2) is 166 Å². The molecule has 4 rings (SSSR count). The maximum atomic E-state index is 11.1. The minimum absolute atomic E-state index is 0.156. The van der Waals surface area contributed by atoms with Gasteiger partial charge in [-0.3, -0.25) is 9.11 Å². The Balaban J connectivity index is 0.000000892. The SMILES string of the molecule is CN[C@@H]1[C@@H](O[C@H]2O[C@H](CO)[C@@H](N)[C@H](O)[C@H]2O)O[C@H]2C[C@@H](N)[C@H](O[C@H]3[C@H](O)[C@@H](O)[C@H](N)C[C@@H]3N)O[C@@H]2[C@@H]1O.O=S(=O)(O)O. The molecule has 0 aromatic carbocycles. The van der Waals surface area contributed by atoms with Gasteiger partial charge in [0.25, 0.3) is 0 Å². The molecule has 3 aliphatic heterocycles. The molecule has 0 radical (unpaired) electrons. The zero-order valence-corrected chi connectivity index (χ0v) is 23.4. The average Bonchev–Trinajstić information content (AvgIpc) is 2.90. The first kappa shape index (κ1) is 35.7. The van der Waals surface area contributed by atoms with Crippen LogP contribution in [0.4, 0.5) is 0 Å².